The van der Waals surface area contributed by atoms with Crippen molar-refractivity contribution in [3.8, 4) is 11.5 Å². The predicted molar refractivity (Wildman–Crippen MR) is 117 cm³/mol. The number of carbonyl (C=O) groups excluding carboxylic acids is 2. The highest BCUT2D eigenvalue weighted by molar-refractivity contribution is 6.31. The van der Waals surface area contributed by atoms with E-state index in [9.17, 15) is 24.8 Å². The Bertz CT molecular complexity index is 1160. The Morgan fingerprint density at radius 1 is 1.22 bits per heavy atom. The van der Waals surface area contributed by atoms with Gasteiger partial charge in [-0.1, -0.05) is 29.8 Å². The van der Waals surface area contributed by atoms with Gasteiger partial charge in [0.05, 0.1) is 11.5 Å². The van der Waals surface area contributed by atoms with Crippen molar-refractivity contribution < 1.29 is 24.4 Å². The number of nitro groups is 1. The van der Waals surface area contributed by atoms with E-state index in [1.165, 1.54) is 12.1 Å². The van der Waals surface area contributed by atoms with Crippen LogP contribution < -0.4 is 10.1 Å². The summed E-state index contributed by atoms with van der Waals surface area (Å²) in [4.78, 5) is 36.5. The van der Waals surface area contributed by atoms with Crippen LogP contribution in [-0.4, -0.2) is 28.3 Å². The summed E-state index contributed by atoms with van der Waals surface area (Å²) in [7, 11) is 0. The van der Waals surface area contributed by atoms with E-state index in [1.807, 2.05) is 18.2 Å². The number of phenolic OH excluding ortho intramolecular Hbond substituents is 1. The molecular formula is C23H21ClN2O6. The maximum absolute atomic E-state index is 13.2. The molecule has 1 heterocycles. The first-order valence-electron chi connectivity index (χ1n) is 10.2. The van der Waals surface area contributed by atoms with Crippen LogP contribution in [0.15, 0.2) is 47.7 Å². The van der Waals surface area contributed by atoms with Crippen molar-refractivity contribution in [3.63, 3.8) is 0 Å². The molecule has 2 atom stereocenters. The Kier molecular flexibility index (Phi) is 5.88. The van der Waals surface area contributed by atoms with Gasteiger partial charge < -0.3 is 15.2 Å². The molecule has 1 amide bonds. The number of allylic oxidation sites excluding steroid dienone is 2. The lowest BCUT2D eigenvalue weighted by molar-refractivity contribution is -0.386. The molecule has 2 aromatic rings. The number of phenols is 1. The van der Waals surface area contributed by atoms with Crippen LogP contribution in [0.25, 0.3) is 0 Å². The number of amides is 1. The fourth-order valence-electron chi connectivity index (χ4n) is 4.49. The average Bonchev–Trinajstić information content (AvgIpc) is 2.74. The molecule has 2 aliphatic rings. The summed E-state index contributed by atoms with van der Waals surface area (Å²) in [6, 6.07) is 9.96. The largest absolute Gasteiger partial charge is 0.500 e. The Hall–Kier alpha value is -3.39. The molecule has 32 heavy (non-hydrogen) atoms. The van der Waals surface area contributed by atoms with E-state index in [2.05, 4.69) is 5.32 Å². The monoisotopic (exact) mass is 456 g/mol. The van der Waals surface area contributed by atoms with Gasteiger partial charge in [0.2, 0.25) is 11.7 Å². The van der Waals surface area contributed by atoms with Gasteiger partial charge in [0, 0.05) is 41.1 Å². The van der Waals surface area contributed by atoms with Crippen LogP contribution in [-0.2, 0) is 9.59 Å². The van der Waals surface area contributed by atoms with Crippen LogP contribution in [0.1, 0.15) is 49.1 Å². The van der Waals surface area contributed by atoms with Gasteiger partial charge >= 0.3 is 5.69 Å². The second-order valence-electron chi connectivity index (χ2n) is 7.82. The van der Waals surface area contributed by atoms with Crippen molar-refractivity contribution >= 4 is 29.0 Å². The number of carbonyl (C=O) groups is 2. The molecule has 2 N–H and O–H groups in total. The quantitative estimate of drug-likeness (QED) is 0.509. The number of ether oxygens (including phenoxy) is 1. The van der Waals surface area contributed by atoms with Crippen LogP contribution in [0, 0.1) is 10.1 Å². The zero-order chi connectivity index (χ0) is 23.0. The summed E-state index contributed by atoms with van der Waals surface area (Å²) < 4.78 is 5.37. The lowest BCUT2D eigenvalue weighted by Crippen LogP contribution is -2.38. The second kappa shape index (κ2) is 8.63. The summed E-state index contributed by atoms with van der Waals surface area (Å²) in [5.41, 5.74) is 1.64. The van der Waals surface area contributed by atoms with Crippen LogP contribution in [0.5, 0.6) is 11.5 Å². The molecule has 4 rings (SSSR count). The van der Waals surface area contributed by atoms with Crippen LogP contribution in [0.4, 0.5) is 5.69 Å². The molecular weight excluding hydrogens is 436 g/mol. The van der Waals surface area contributed by atoms with Gasteiger partial charge in [0.25, 0.3) is 0 Å². The molecule has 0 saturated carbocycles. The summed E-state index contributed by atoms with van der Waals surface area (Å²) in [5.74, 6) is -1.91. The second-order valence-corrected chi connectivity index (χ2v) is 8.23. The van der Waals surface area contributed by atoms with Crippen molar-refractivity contribution in [2.24, 2.45) is 0 Å². The fraction of sp³-hybridized carbons (Fsp3) is 0.304. The lowest BCUT2D eigenvalue weighted by atomic mass is 9.73. The molecule has 0 unspecified atom stereocenters. The first-order valence-corrected chi connectivity index (χ1v) is 10.6. The standard InChI is InChI=1S/C23H21ClN2O6/c1-2-32-20-10-13(8-18(23(20)29)26(30)31)15-11-21(28)25-17-7-12(9-19(27)22(15)17)14-5-3-4-6-16(14)24/h3-6,8,10,12,15,29H,2,7,9,11H2,1H3,(H,25,28)/t12-,15+/m0/s1. The smallest absolute Gasteiger partial charge is 0.314 e. The van der Waals surface area contributed by atoms with Gasteiger partial charge in [-0.2, -0.15) is 0 Å². The average molecular weight is 457 g/mol. The van der Waals surface area contributed by atoms with Gasteiger partial charge in [-0.25, -0.2) is 0 Å². The van der Waals surface area contributed by atoms with E-state index < -0.39 is 22.3 Å². The Balaban J connectivity index is 1.79. The minimum atomic E-state index is -0.713. The van der Waals surface area contributed by atoms with E-state index in [4.69, 9.17) is 16.3 Å². The SMILES string of the molecule is CCOc1cc([C@H]2CC(=O)NC3=C2C(=O)C[C@@H](c2ccccc2Cl)C3)cc([N+](=O)[O-])c1O. The summed E-state index contributed by atoms with van der Waals surface area (Å²) in [6.07, 6.45) is 0.605. The minimum Gasteiger partial charge on any atom is -0.500 e. The Morgan fingerprint density at radius 3 is 2.66 bits per heavy atom. The zero-order valence-corrected chi connectivity index (χ0v) is 18.0. The van der Waals surface area contributed by atoms with E-state index >= 15 is 0 Å². The summed E-state index contributed by atoms with van der Waals surface area (Å²) >= 11 is 6.33. The van der Waals surface area contributed by atoms with Crippen LogP contribution in [0.3, 0.4) is 0 Å². The molecule has 166 valence electrons. The van der Waals surface area contributed by atoms with Gasteiger partial charge in [-0.3, -0.25) is 19.7 Å². The van der Waals surface area contributed by atoms with E-state index in [0.717, 1.165) is 5.56 Å². The van der Waals surface area contributed by atoms with Gasteiger partial charge in [-0.05, 0) is 42.5 Å². The number of hydrogen-bond donors (Lipinski definition) is 2. The molecule has 0 saturated heterocycles. The molecule has 8 nitrogen and oxygen atoms in total. The molecule has 1 aliphatic heterocycles. The summed E-state index contributed by atoms with van der Waals surface area (Å²) in [5, 5.41) is 25.1. The number of nitrogens with one attached hydrogen (secondary N) is 1. The summed E-state index contributed by atoms with van der Waals surface area (Å²) in [6.45, 7) is 1.87. The van der Waals surface area contributed by atoms with Gasteiger partial charge in [-0.15, -0.1) is 0 Å². The minimum absolute atomic E-state index is 0.0329. The number of nitrogens with zero attached hydrogens (tertiary/aromatic N) is 1. The van der Waals surface area contributed by atoms with Crippen LogP contribution in [0.2, 0.25) is 5.02 Å². The number of hydrogen-bond acceptors (Lipinski definition) is 6. The van der Waals surface area contributed by atoms with Gasteiger partial charge in [0.1, 0.15) is 0 Å². The maximum Gasteiger partial charge on any atom is 0.314 e. The van der Waals surface area contributed by atoms with Crippen molar-refractivity contribution in [1.82, 2.24) is 5.32 Å². The highest BCUT2D eigenvalue weighted by Crippen LogP contribution is 2.46. The third-order valence-electron chi connectivity index (χ3n) is 5.86. The van der Waals surface area contributed by atoms with E-state index in [-0.39, 0.29) is 42.8 Å². The van der Waals surface area contributed by atoms with Crippen LogP contribution >= 0.6 is 11.6 Å². The number of nitro benzene ring substituents is 1. The topological polar surface area (TPSA) is 119 Å². The Morgan fingerprint density at radius 2 is 1.97 bits per heavy atom. The molecule has 0 fully saturated rings. The highest BCUT2D eigenvalue weighted by atomic mass is 35.5. The predicted octanol–water partition coefficient (Wildman–Crippen LogP) is 4.36. The lowest BCUT2D eigenvalue weighted by Gasteiger charge is -2.34. The van der Waals surface area contributed by atoms with Crippen molar-refractivity contribution in [3.05, 3.63) is 73.9 Å². The first kappa shape index (κ1) is 21.8. The van der Waals surface area contributed by atoms with E-state index in [1.54, 1.807) is 13.0 Å². The first-order chi connectivity index (χ1) is 15.3. The number of ketones is 1. The normalized spacial score (nSPS) is 20.6. The maximum atomic E-state index is 13.2. The molecule has 0 aromatic heterocycles. The molecule has 0 radical (unpaired) electrons. The number of benzene rings is 2. The highest BCUT2D eigenvalue weighted by Gasteiger charge is 2.39. The van der Waals surface area contributed by atoms with Crippen molar-refractivity contribution in [2.75, 3.05) is 6.61 Å². The number of rotatable bonds is 5. The number of Topliss-reactive ketones (excluding diaryl/α,β-unsaturated/α-hetero) is 1. The molecule has 0 bridgehead atoms. The Labute approximate surface area is 189 Å². The third-order valence-corrected chi connectivity index (χ3v) is 6.20. The third kappa shape index (κ3) is 3.93. The number of aromatic hydroxyl groups is 1. The molecule has 9 heteroatoms. The number of halogens is 1. The molecule has 2 aromatic carbocycles. The molecule has 1 aliphatic carbocycles. The zero-order valence-electron chi connectivity index (χ0n) is 17.3. The van der Waals surface area contributed by atoms with Gasteiger partial charge in [0.15, 0.2) is 11.5 Å². The fourth-order valence-corrected chi connectivity index (χ4v) is 4.78. The van der Waals surface area contributed by atoms with E-state index in [0.29, 0.717) is 28.3 Å². The van der Waals surface area contributed by atoms with Crippen molar-refractivity contribution in [2.45, 2.75) is 38.0 Å². The van der Waals surface area contributed by atoms with Crippen molar-refractivity contribution in [1.29, 1.82) is 0 Å². The molecule has 0 spiro atoms.